The van der Waals surface area contributed by atoms with Gasteiger partial charge in [0.05, 0.1) is 35.5 Å². The Labute approximate surface area is 224 Å². The molecule has 2 atom stereocenters. The van der Waals surface area contributed by atoms with Gasteiger partial charge >= 0.3 is 12.1 Å². The van der Waals surface area contributed by atoms with Crippen molar-refractivity contribution in [3.05, 3.63) is 23.5 Å². The van der Waals surface area contributed by atoms with E-state index in [2.05, 4.69) is 10.6 Å². The SMILES string of the molecule is COc1cc(F)c(O[C@H]2CC[C@@](C)(C(=O)O)CC2)cc1C(=O)N[C@@H]1CCC[C@@H]1C(=O)NCC(C)(C)C(F)(F)F. The number of methoxy groups -OCH3 is 1. The maximum atomic E-state index is 14.8. The number of hydrogen-bond donors (Lipinski definition) is 3. The average molecular weight is 561 g/mol. The van der Waals surface area contributed by atoms with Crippen LogP contribution in [0.2, 0.25) is 0 Å². The molecular formula is C27H36F4N2O6. The zero-order chi connectivity index (χ0) is 29.2. The van der Waals surface area contributed by atoms with Gasteiger partial charge in [0.1, 0.15) is 5.75 Å². The molecule has 0 saturated heterocycles. The standard InChI is InChI=1S/C27H36F4N2O6/c1-25(2,27(29,30)31)14-32-22(34)16-6-5-7-19(16)33-23(35)17-12-21(18(28)13-20(17)38-4)39-15-8-10-26(3,11-9-15)24(36)37/h12-13,15-16,19H,5-11,14H2,1-4H3,(H,32,34)(H,33,35)(H,36,37)/t15-,16-,19+,26+/m0/s1. The largest absolute Gasteiger partial charge is 0.496 e. The summed E-state index contributed by atoms with van der Waals surface area (Å²) in [6, 6.07) is 1.61. The molecule has 2 saturated carbocycles. The minimum absolute atomic E-state index is 0.0238. The molecule has 0 bridgehead atoms. The van der Waals surface area contributed by atoms with Crippen molar-refractivity contribution in [2.75, 3.05) is 13.7 Å². The van der Waals surface area contributed by atoms with E-state index in [4.69, 9.17) is 9.47 Å². The van der Waals surface area contributed by atoms with E-state index in [1.165, 1.54) is 13.2 Å². The highest BCUT2D eigenvalue weighted by Crippen LogP contribution is 2.39. The molecule has 218 valence electrons. The first-order valence-corrected chi connectivity index (χ1v) is 13.0. The fourth-order valence-corrected chi connectivity index (χ4v) is 4.94. The molecule has 12 heteroatoms. The summed E-state index contributed by atoms with van der Waals surface area (Å²) in [6.07, 6.45) is -1.95. The summed E-state index contributed by atoms with van der Waals surface area (Å²) in [5.74, 6) is -3.80. The van der Waals surface area contributed by atoms with Crippen LogP contribution in [0, 0.1) is 22.6 Å². The fourth-order valence-electron chi connectivity index (χ4n) is 4.94. The maximum absolute atomic E-state index is 14.8. The highest BCUT2D eigenvalue weighted by molar-refractivity contribution is 5.98. The Balaban J connectivity index is 1.69. The van der Waals surface area contributed by atoms with Gasteiger partial charge in [-0.05, 0) is 65.4 Å². The molecule has 3 N–H and O–H groups in total. The topological polar surface area (TPSA) is 114 Å². The Hall–Kier alpha value is -3.05. The minimum atomic E-state index is -4.49. The number of hydrogen-bond acceptors (Lipinski definition) is 5. The van der Waals surface area contributed by atoms with E-state index in [1.807, 2.05) is 0 Å². The van der Waals surface area contributed by atoms with Crippen LogP contribution in [0.5, 0.6) is 11.5 Å². The molecule has 0 heterocycles. The zero-order valence-electron chi connectivity index (χ0n) is 22.5. The van der Waals surface area contributed by atoms with Gasteiger partial charge in [0.2, 0.25) is 5.91 Å². The maximum Gasteiger partial charge on any atom is 0.395 e. The lowest BCUT2D eigenvalue weighted by Crippen LogP contribution is -2.48. The molecule has 1 aromatic carbocycles. The number of aliphatic carboxylic acids is 1. The number of carboxylic acid groups (broad SMARTS) is 1. The highest BCUT2D eigenvalue weighted by atomic mass is 19.4. The predicted molar refractivity (Wildman–Crippen MR) is 133 cm³/mol. The second-order valence-electron chi connectivity index (χ2n) is 11.4. The molecule has 0 spiro atoms. The molecule has 0 unspecified atom stereocenters. The monoisotopic (exact) mass is 560 g/mol. The molecule has 3 rings (SSSR count). The van der Waals surface area contributed by atoms with Crippen molar-refractivity contribution in [2.45, 2.75) is 84.0 Å². The predicted octanol–water partition coefficient (Wildman–Crippen LogP) is 4.85. The van der Waals surface area contributed by atoms with Gasteiger partial charge in [0, 0.05) is 18.7 Å². The molecule has 2 amide bonds. The molecular weight excluding hydrogens is 524 g/mol. The Morgan fingerprint density at radius 1 is 1.08 bits per heavy atom. The van der Waals surface area contributed by atoms with Gasteiger partial charge < -0.3 is 25.2 Å². The fraction of sp³-hybridized carbons (Fsp3) is 0.667. The van der Waals surface area contributed by atoms with Gasteiger partial charge in [0.15, 0.2) is 11.6 Å². The molecule has 0 aliphatic heterocycles. The van der Waals surface area contributed by atoms with Gasteiger partial charge in [-0.1, -0.05) is 6.42 Å². The van der Waals surface area contributed by atoms with Gasteiger partial charge in [-0.2, -0.15) is 13.2 Å². The summed E-state index contributed by atoms with van der Waals surface area (Å²) in [5, 5.41) is 14.5. The number of amides is 2. The summed E-state index contributed by atoms with van der Waals surface area (Å²) in [7, 11) is 1.27. The van der Waals surface area contributed by atoms with E-state index in [-0.39, 0.29) is 17.1 Å². The molecule has 0 aromatic heterocycles. The smallest absolute Gasteiger partial charge is 0.395 e. The Bertz CT molecular complexity index is 1080. The first kappa shape index (κ1) is 30.5. The van der Waals surface area contributed by atoms with Crippen LogP contribution in [-0.4, -0.2) is 54.9 Å². The van der Waals surface area contributed by atoms with Crippen molar-refractivity contribution < 1.29 is 46.5 Å². The number of alkyl halides is 3. The van der Waals surface area contributed by atoms with Crippen LogP contribution >= 0.6 is 0 Å². The number of carboxylic acids is 1. The van der Waals surface area contributed by atoms with Crippen molar-refractivity contribution in [3.63, 3.8) is 0 Å². The van der Waals surface area contributed by atoms with E-state index in [0.29, 0.717) is 44.9 Å². The Morgan fingerprint density at radius 2 is 1.72 bits per heavy atom. The van der Waals surface area contributed by atoms with Crippen molar-refractivity contribution in [2.24, 2.45) is 16.7 Å². The van der Waals surface area contributed by atoms with Crippen LogP contribution in [0.4, 0.5) is 17.6 Å². The first-order chi connectivity index (χ1) is 18.1. The van der Waals surface area contributed by atoms with Crippen LogP contribution in [0.3, 0.4) is 0 Å². The number of rotatable bonds is 9. The third-order valence-corrected chi connectivity index (χ3v) is 7.99. The van der Waals surface area contributed by atoms with Crippen LogP contribution < -0.4 is 20.1 Å². The molecule has 2 aliphatic rings. The quantitative estimate of drug-likeness (QED) is 0.372. The number of benzene rings is 1. The Morgan fingerprint density at radius 3 is 2.28 bits per heavy atom. The summed E-state index contributed by atoms with van der Waals surface area (Å²) < 4.78 is 65.3. The van der Waals surface area contributed by atoms with Crippen LogP contribution in [0.25, 0.3) is 0 Å². The molecule has 8 nitrogen and oxygen atoms in total. The number of halogens is 4. The summed E-state index contributed by atoms with van der Waals surface area (Å²) >= 11 is 0. The van der Waals surface area contributed by atoms with Crippen LogP contribution in [0.1, 0.15) is 76.1 Å². The molecule has 2 fully saturated rings. The van der Waals surface area contributed by atoms with Crippen molar-refractivity contribution in [1.29, 1.82) is 0 Å². The number of carbonyl (C=O) groups excluding carboxylic acids is 2. The van der Waals surface area contributed by atoms with E-state index in [1.54, 1.807) is 6.92 Å². The van der Waals surface area contributed by atoms with Crippen LogP contribution in [0.15, 0.2) is 12.1 Å². The van der Waals surface area contributed by atoms with Crippen molar-refractivity contribution in [1.82, 2.24) is 10.6 Å². The van der Waals surface area contributed by atoms with E-state index < -0.39 is 65.2 Å². The van der Waals surface area contributed by atoms with Crippen molar-refractivity contribution >= 4 is 17.8 Å². The second kappa shape index (κ2) is 11.6. The second-order valence-corrected chi connectivity index (χ2v) is 11.4. The molecule has 0 radical (unpaired) electrons. The third kappa shape index (κ3) is 6.94. The molecule has 2 aliphatic carbocycles. The van der Waals surface area contributed by atoms with Gasteiger partial charge in [-0.3, -0.25) is 14.4 Å². The average Bonchev–Trinajstić information content (AvgIpc) is 3.32. The highest BCUT2D eigenvalue weighted by Gasteiger charge is 2.48. The number of ether oxygens (including phenoxy) is 2. The minimum Gasteiger partial charge on any atom is -0.496 e. The Kier molecular flexibility index (Phi) is 9.06. The van der Waals surface area contributed by atoms with Gasteiger partial charge in [-0.15, -0.1) is 0 Å². The summed E-state index contributed by atoms with van der Waals surface area (Å²) in [6.45, 7) is 3.07. The first-order valence-electron chi connectivity index (χ1n) is 13.0. The summed E-state index contributed by atoms with van der Waals surface area (Å²) in [5.41, 5.74) is -3.00. The number of nitrogens with one attached hydrogen (secondary N) is 2. The van der Waals surface area contributed by atoms with E-state index >= 15 is 0 Å². The van der Waals surface area contributed by atoms with E-state index in [9.17, 15) is 37.1 Å². The van der Waals surface area contributed by atoms with Crippen LogP contribution in [-0.2, 0) is 9.59 Å². The summed E-state index contributed by atoms with van der Waals surface area (Å²) in [4.78, 5) is 37.4. The lowest BCUT2D eigenvalue weighted by Gasteiger charge is -2.34. The molecule has 1 aromatic rings. The zero-order valence-corrected chi connectivity index (χ0v) is 22.5. The third-order valence-electron chi connectivity index (χ3n) is 7.99. The van der Waals surface area contributed by atoms with Gasteiger partial charge in [-0.25, -0.2) is 4.39 Å². The van der Waals surface area contributed by atoms with E-state index in [0.717, 1.165) is 19.9 Å². The molecule has 39 heavy (non-hydrogen) atoms. The lowest BCUT2D eigenvalue weighted by molar-refractivity contribution is -0.209. The van der Waals surface area contributed by atoms with Gasteiger partial charge in [0.25, 0.3) is 5.91 Å². The number of carbonyl (C=O) groups is 3. The lowest BCUT2D eigenvalue weighted by atomic mass is 9.75. The normalized spacial score (nSPS) is 25.6. The van der Waals surface area contributed by atoms with Crippen molar-refractivity contribution in [3.8, 4) is 11.5 Å².